The maximum atomic E-state index is 14.0. The van der Waals surface area contributed by atoms with Crippen LogP contribution in [0.2, 0.25) is 5.15 Å². The molecule has 0 N–H and O–H groups in total. The van der Waals surface area contributed by atoms with E-state index in [9.17, 15) is 4.79 Å². The van der Waals surface area contributed by atoms with E-state index in [1.54, 1.807) is 19.2 Å². The van der Waals surface area contributed by atoms with E-state index in [-0.39, 0.29) is 35.0 Å². The summed E-state index contributed by atoms with van der Waals surface area (Å²) < 4.78 is 23.1. The van der Waals surface area contributed by atoms with Gasteiger partial charge in [0.05, 0.1) is 25.1 Å². The largest absolute Gasteiger partial charge is 0.497 e. The Hall–Kier alpha value is -4.04. The van der Waals surface area contributed by atoms with E-state index >= 15 is 0 Å². The molecule has 4 aromatic rings. The van der Waals surface area contributed by atoms with Crippen molar-refractivity contribution >= 4 is 28.5 Å². The van der Waals surface area contributed by atoms with Gasteiger partial charge in [0.2, 0.25) is 12.5 Å². The summed E-state index contributed by atoms with van der Waals surface area (Å²) in [4.78, 5) is 25.4. The van der Waals surface area contributed by atoms with Crippen molar-refractivity contribution in [3.05, 3.63) is 92.4 Å². The summed E-state index contributed by atoms with van der Waals surface area (Å²) in [6.07, 6.45) is 0.376. The molecule has 0 bridgehead atoms. The smallest absolute Gasteiger partial charge is 0.231 e. The lowest BCUT2D eigenvalue weighted by molar-refractivity contribution is 0.174. The number of aromatic nitrogens is 1. The number of nitrogens with zero attached hydrogens (tertiary/aromatic N) is 3. The van der Waals surface area contributed by atoms with E-state index in [4.69, 9.17) is 35.2 Å². The lowest BCUT2D eigenvalue weighted by Crippen LogP contribution is -2.37. The number of aliphatic imine (C=N–C) groups is 1. The van der Waals surface area contributed by atoms with Crippen molar-refractivity contribution in [2.45, 2.75) is 26.3 Å². The Morgan fingerprint density at radius 1 is 1.08 bits per heavy atom. The Balaban J connectivity index is 1.49. The molecule has 0 saturated carbocycles. The normalized spacial score (nSPS) is 15.2. The van der Waals surface area contributed by atoms with Crippen molar-refractivity contribution in [1.29, 1.82) is 0 Å². The van der Waals surface area contributed by atoms with Crippen LogP contribution in [-0.4, -0.2) is 42.7 Å². The molecular formula is C30H28ClN3O5. The average Bonchev–Trinajstić information content (AvgIpc) is 3.60. The first-order valence-electron chi connectivity index (χ1n) is 12.9. The van der Waals surface area contributed by atoms with E-state index < -0.39 is 0 Å². The molecule has 39 heavy (non-hydrogen) atoms. The molecule has 0 fully saturated rings. The summed E-state index contributed by atoms with van der Waals surface area (Å²) in [5.41, 5.74) is 2.54. The lowest BCUT2D eigenvalue weighted by atomic mass is 9.92. The molecule has 200 valence electrons. The molecule has 8 nitrogen and oxygen atoms in total. The summed E-state index contributed by atoms with van der Waals surface area (Å²) in [5.74, 6) is 3.60. The highest BCUT2D eigenvalue weighted by atomic mass is 35.5. The van der Waals surface area contributed by atoms with Gasteiger partial charge in [0.25, 0.3) is 0 Å². The van der Waals surface area contributed by atoms with Crippen molar-refractivity contribution in [2.75, 3.05) is 27.0 Å². The maximum absolute atomic E-state index is 14.0. The van der Waals surface area contributed by atoms with Crippen LogP contribution in [0.15, 0.2) is 68.8 Å². The zero-order chi connectivity index (χ0) is 27.1. The summed E-state index contributed by atoms with van der Waals surface area (Å²) in [5, 5.41) is 0.664. The molecule has 2 aromatic heterocycles. The van der Waals surface area contributed by atoms with Gasteiger partial charge in [-0.1, -0.05) is 37.6 Å². The Labute approximate surface area is 230 Å². The van der Waals surface area contributed by atoms with Gasteiger partial charge >= 0.3 is 0 Å². The molecule has 0 saturated heterocycles. The molecule has 1 unspecified atom stereocenters. The first-order valence-corrected chi connectivity index (χ1v) is 13.3. The van der Waals surface area contributed by atoms with Gasteiger partial charge in [0, 0.05) is 24.1 Å². The number of rotatable bonds is 7. The molecule has 0 aliphatic carbocycles. The van der Waals surface area contributed by atoms with Crippen LogP contribution < -0.4 is 19.6 Å². The Bertz CT molecular complexity index is 1650. The Morgan fingerprint density at radius 2 is 1.92 bits per heavy atom. The van der Waals surface area contributed by atoms with Crippen molar-refractivity contribution in [2.24, 2.45) is 10.9 Å². The Morgan fingerprint density at radius 3 is 2.74 bits per heavy atom. The van der Waals surface area contributed by atoms with E-state index in [0.717, 1.165) is 22.7 Å². The zero-order valence-corrected chi connectivity index (χ0v) is 22.7. The van der Waals surface area contributed by atoms with E-state index in [0.29, 0.717) is 47.7 Å². The van der Waals surface area contributed by atoms with E-state index in [1.807, 2.05) is 42.5 Å². The second-order valence-corrected chi connectivity index (χ2v) is 10.3. The highest BCUT2D eigenvalue weighted by Crippen LogP contribution is 2.38. The second-order valence-electron chi connectivity index (χ2n) is 9.94. The van der Waals surface area contributed by atoms with Gasteiger partial charge in [-0.2, -0.15) is 0 Å². The molecule has 0 amide bonds. The van der Waals surface area contributed by atoms with Gasteiger partial charge < -0.3 is 23.5 Å². The van der Waals surface area contributed by atoms with E-state index in [1.165, 1.54) is 0 Å². The first kappa shape index (κ1) is 25.2. The molecule has 6 rings (SSSR count). The maximum Gasteiger partial charge on any atom is 0.231 e. The third kappa shape index (κ3) is 4.69. The van der Waals surface area contributed by atoms with Gasteiger partial charge in [-0.25, -0.2) is 4.98 Å². The number of amidine groups is 1. The van der Waals surface area contributed by atoms with Gasteiger partial charge in [-0.3, -0.25) is 9.79 Å². The Kier molecular flexibility index (Phi) is 6.64. The van der Waals surface area contributed by atoms with Gasteiger partial charge in [-0.05, 0) is 53.9 Å². The molecule has 2 aliphatic rings. The quantitative estimate of drug-likeness (QED) is 0.278. The van der Waals surface area contributed by atoms with Crippen molar-refractivity contribution in [3.63, 3.8) is 0 Å². The molecule has 2 aromatic carbocycles. The summed E-state index contributed by atoms with van der Waals surface area (Å²) in [7, 11) is 1.63. The standard InChI is InChI=1S/C30H28ClN3O5/c1-17(2)26(34-12-11-32-29(34)19-7-9-23-24(15-19)38-16-37-23)28-22(14-18-5-4-6-20(13-18)36-3)27(35)21-8-10-25(31)33-30(21)39-28/h4-10,13,15,17,26H,11-12,14,16H2,1-3H3. The second kappa shape index (κ2) is 10.3. The van der Waals surface area contributed by atoms with Crippen LogP contribution in [-0.2, 0) is 6.42 Å². The number of fused-ring (bicyclic) bond motifs is 2. The number of benzene rings is 2. The minimum atomic E-state index is -0.282. The van der Waals surface area contributed by atoms with Crippen LogP contribution in [0.25, 0.3) is 11.1 Å². The summed E-state index contributed by atoms with van der Waals surface area (Å²) >= 11 is 6.21. The van der Waals surface area contributed by atoms with Crippen LogP contribution in [0.3, 0.4) is 0 Å². The molecule has 0 spiro atoms. The SMILES string of the molecule is COc1cccc(Cc2c(C(C(C)C)N3CCN=C3c3ccc4c(c3)OCO4)oc3nc(Cl)ccc3c2=O)c1. The van der Waals surface area contributed by atoms with Gasteiger partial charge in [-0.15, -0.1) is 0 Å². The predicted molar refractivity (Wildman–Crippen MR) is 149 cm³/mol. The van der Waals surface area contributed by atoms with Crippen LogP contribution in [0.1, 0.15) is 42.3 Å². The number of pyridine rings is 1. The van der Waals surface area contributed by atoms with Crippen LogP contribution in [0.5, 0.6) is 17.2 Å². The third-order valence-corrected chi connectivity index (χ3v) is 7.32. The van der Waals surface area contributed by atoms with Crippen molar-refractivity contribution < 1.29 is 18.6 Å². The van der Waals surface area contributed by atoms with Crippen LogP contribution in [0.4, 0.5) is 0 Å². The summed E-state index contributed by atoms with van der Waals surface area (Å²) in [6.45, 7) is 5.74. The van der Waals surface area contributed by atoms with Crippen molar-refractivity contribution in [1.82, 2.24) is 9.88 Å². The number of methoxy groups -OCH3 is 1. The highest BCUT2D eigenvalue weighted by molar-refractivity contribution is 6.29. The lowest BCUT2D eigenvalue weighted by Gasteiger charge is -2.34. The molecule has 2 aliphatic heterocycles. The minimum Gasteiger partial charge on any atom is -0.497 e. The monoisotopic (exact) mass is 545 g/mol. The molecular weight excluding hydrogens is 518 g/mol. The third-order valence-electron chi connectivity index (χ3n) is 7.11. The molecule has 9 heteroatoms. The fourth-order valence-electron chi connectivity index (χ4n) is 5.33. The molecule has 1 atom stereocenters. The first-order chi connectivity index (χ1) is 18.9. The predicted octanol–water partition coefficient (Wildman–Crippen LogP) is 5.63. The number of ether oxygens (including phenoxy) is 3. The number of hydrogen-bond donors (Lipinski definition) is 0. The van der Waals surface area contributed by atoms with Crippen LogP contribution in [0, 0.1) is 5.92 Å². The molecule has 0 radical (unpaired) electrons. The number of halogens is 1. The molecule has 4 heterocycles. The minimum absolute atomic E-state index is 0.0751. The summed E-state index contributed by atoms with van der Waals surface area (Å²) in [6, 6.07) is 16.6. The fourth-order valence-corrected chi connectivity index (χ4v) is 5.47. The fraction of sp³-hybridized carbons (Fsp3) is 0.300. The van der Waals surface area contributed by atoms with Gasteiger partial charge in [0.1, 0.15) is 22.5 Å². The number of hydrogen-bond acceptors (Lipinski definition) is 8. The average molecular weight is 546 g/mol. The van der Waals surface area contributed by atoms with E-state index in [2.05, 4.69) is 23.7 Å². The van der Waals surface area contributed by atoms with Gasteiger partial charge in [0.15, 0.2) is 16.9 Å². The van der Waals surface area contributed by atoms with Crippen LogP contribution >= 0.6 is 11.6 Å². The van der Waals surface area contributed by atoms with Crippen molar-refractivity contribution in [3.8, 4) is 17.2 Å². The topological polar surface area (TPSA) is 86.4 Å². The zero-order valence-electron chi connectivity index (χ0n) is 21.9. The highest BCUT2D eigenvalue weighted by Gasteiger charge is 2.35.